The lowest BCUT2D eigenvalue weighted by atomic mass is 10.0. The summed E-state index contributed by atoms with van der Waals surface area (Å²) >= 11 is 1.84. The smallest absolute Gasteiger partial charge is 0.136 e. The van der Waals surface area contributed by atoms with E-state index in [2.05, 4.69) is 179 Å². The van der Waals surface area contributed by atoms with Gasteiger partial charge in [0.1, 0.15) is 11.2 Å². The molecule has 0 fully saturated rings. The molecule has 0 bridgehead atoms. The Morgan fingerprint density at radius 2 is 0.893 bits per heavy atom. The van der Waals surface area contributed by atoms with Gasteiger partial charge >= 0.3 is 0 Å². The lowest BCUT2D eigenvalue weighted by Crippen LogP contribution is -1.94. The molecule has 0 saturated carbocycles. The predicted molar refractivity (Wildman–Crippen MR) is 238 cm³/mol. The molecule has 0 aliphatic heterocycles. The Bertz CT molecular complexity index is 3780. The maximum Gasteiger partial charge on any atom is 0.136 e. The number of fused-ring (bicyclic) bond motifs is 13. The van der Waals surface area contributed by atoms with E-state index in [1.807, 2.05) is 23.5 Å². The average Bonchev–Trinajstić information content (AvgIpc) is 3.99. The highest BCUT2D eigenvalue weighted by Gasteiger charge is 2.18. The predicted octanol–water partition coefficient (Wildman–Crippen LogP) is 15.0. The first-order valence-electron chi connectivity index (χ1n) is 19.1. The molecular weight excluding hydrogens is 701 g/mol. The van der Waals surface area contributed by atoms with Gasteiger partial charge in [-0.1, -0.05) is 103 Å². The Balaban J connectivity index is 0.957. The monoisotopic (exact) mass is 730 g/mol. The van der Waals surface area contributed by atoms with Gasteiger partial charge < -0.3 is 13.6 Å². The molecule has 0 N–H and O–H groups in total. The largest absolute Gasteiger partial charge is 0.456 e. The van der Waals surface area contributed by atoms with Crippen LogP contribution < -0.4 is 0 Å². The highest BCUT2D eigenvalue weighted by atomic mass is 32.1. The number of thiophene rings is 1. The molecule has 3 nitrogen and oxygen atoms in total. The van der Waals surface area contributed by atoms with Gasteiger partial charge in [-0.15, -0.1) is 11.3 Å². The van der Waals surface area contributed by atoms with Crippen LogP contribution in [0.2, 0.25) is 0 Å². The van der Waals surface area contributed by atoms with Crippen molar-refractivity contribution in [3.8, 4) is 22.5 Å². The van der Waals surface area contributed by atoms with Crippen molar-refractivity contribution in [1.29, 1.82) is 0 Å². The number of hydrogen-bond acceptors (Lipinski definition) is 2. The highest BCUT2D eigenvalue weighted by Crippen LogP contribution is 2.42. The lowest BCUT2D eigenvalue weighted by molar-refractivity contribution is 0.669. The number of rotatable bonds is 3. The minimum Gasteiger partial charge on any atom is -0.456 e. The van der Waals surface area contributed by atoms with Crippen molar-refractivity contribution in [2.45, 2.75) is 0 Å². The van der Waals surface area contributed by atoms with E-state index in [1.54, 1.807) is 0 Å². The first-order valence-corrected chi connectivity index (χ1v) is 19.9. The molecule has 0 radical (unpaired) electrons. The molecule has 0 atom stereocenters. The molecule has 56 heavy (non-hydrogen) atoms. The second-order valence-electron chi connectivity index (χ2n) is 14.9. The summed E-state index contributed by atoms with van der Waals surface area (Å²) in [5.41, 5.74) is 11.5. The highest BCUT2D eigenvalue weighted by molar-refractivity contribution is 7.25. The molecule has 0 saturated heterocycles. The van der Waals surface area contributed by atoms with Crippen molar-refractivity contribution in [3.05, 3.63) is 182 Å². The van der Waals surface area contributed by atoms with Gasteiger partial charge in [0.2, 0.25) is 0 Å². The molecule has 0 amide bonds. The van der Waals surface area contributed by atoms with E-state index in [0.717, 1.165) is 16.6 Å². The topological polar surface area (TPSA) is 23.0 Å². The zero-order valence-corrected chi connectivity index (χ0v) is 30.8. The van der Waals surface area contributed by atoms with Crippen LogP contribution in [0.3, 0.4) is 0 Å². The van der Waals surface area contributed by atoms with Gasteiger partial charge in [-0.2, -0.15) is 0 Å². The van der Waals surface area contributed by atoms with Crippen molar-refractivity contribution < 1.29 is 4.42 Å². The standard InChI is InChI=1S/C52H30N2OS/c1-2-10-32-25-35(20-17-31(32)9-1)53-45-14-6-3-11-37(45)41-26-33(18-23-47(41)53)34-19-24-48-42(27-34)38-12-4-7-15-46(38)54(48)36-21-22-40-44-29-43-39-13-5-8-16-49(39)55-50(43)30-52(44)56-51(40)28-36/h1-30H. The number of furan rings is 1. The minimum atomic E-state index is 0.936. The number of aromatic nitrogens is 2. The summed E-state index contributed by atoms with van der Waals surface area (Å²) in [4.78, 5) is 0. The van der Waals surface area contributed by atoms with E-state index in [1.165, 1.54) is 102 Å². The van der Waals surface area contributed by atoms with E-state index in [4.69, 9.17) is 4.42 Å². The maximum absolute atomic E-state index is 6.25. The zero-order valence-electron chi connectivity index (χ0n) is 30.0. The zero-order chi connectivity index (χ0) is 36.5. The van der Waals surface area contributed by atoms with E-state index >= 15 is 0 Å². The van der Waals surface area contributed by atoms with Gasteiger partial charge in [-0.25, -0.2) is 0 Å². The van der Waals surface area contributed by atoms with Crippen molar-refractivity contribution >= 4 is 108 Å². The Morgan fingerprint density at radius 3 is 1.62 bits per heavy atom. The lowest BCUT2D eigenvalue weighted by Gasteiger charge is -2.10. The molecule has 0 unspecified atom stereocenters. The first kappa shape index (κ1) is 30.2. The number of benzene rings is 9. The van der Waals surface area contributed by atoms with Gasteiger partial charge in [-0.05, 0) is 101 Å². The Kier molecular flexibility index (Phi) is 6.04. The molecule has 0 spiro atoms. The Hall–Kier alpha value is -7.14. The molecule has 4 aromatic heterocycles. The molecule has 0 aliphatic carbocycles. The summed E-state index contributed by atoms with van der Waals surface area (Å²) in [5.74, 6) is 0. The third-order valence-corrected chi connectivity index (χ3v) is 13.0. The van der Waals surface area contributed by atoms with Crippen LogP contribution in [0.5, 0.6) is 0 Å². The van der Waals surface area contributed by atoms with Crippen LogP contribution in [0.1, 0.15) is 0 Å². The van der Waals surface area contributed by atoms with Gasteiger partial charge in [0.15, 0.2) is 0 Å². The van der Waals surface area contributed by atoms with Gasteiger partial charge in [-0.3, -0.25) is 0 Å². The first-order chi connectivity index (χ1) is 27.7. The average molecular weight is 731 g/mol. The van der Waals surface area contributed by atoms with Crippen LogP contribution in [-0.2, 0) is 0 Å². The van der Waals surface area contributed by atoms with Crippen molar-refractivity contribution in [2.24, 2.45) is 0 Å². The summed E-state index contributed by atoms with van der Waals surface area (Å²) in [6, 6.07) is 66.7. The summed E-state index contributed by atoms with van der Waals surface area (Å²) < 4.78 is 13.6. The van der Waals surface area contributed by atoms with Gasteiger partial charge in [0.25, 0.3) is 0 Å². The fraction of sp³-hybridized carbons (Fsp3) is 0. The van der Waals surface area contributed by atoms with Gasteiger partial charge in [0.05, 0.1) is 22.1 Å². The molecule has 4 heterocycles. The number of hydrogen-bond donors (Lipinski definition) is 0. The fourth-order valence-electron chi connectivity index (χ4n) is 9.30. The quantitative estimate of drug-likeness (QED) is 0.177. The Labute approximate surface area is 324 Å². The van der Waals surface area contributed by atoms with Crippen LogP contribution in [0, 0.1) is 0 Å². The SMILES string of the molecule is c1ccc2cc(-n3c4ccccc4c4cc(-c5ccc6c(c5)c5ccccc5n6-c5ccc6c(c5)sc5cc7oc8ccccc8c7cc56)ccc43)ccc2c1. The normalized spacial score (nSPS) is 12.3. The number of para-hydroxylation sites is 3. The molecule has 4 heteroatoms. The van der Waals surface area contributed by atoms with Crippen LogP contribution in [0.4, 0.5) is 0 Å². The number of nitrogens with zero attached hydrogens (tertiary/aromatic N) is 2. The third-order valence-electron chi connectivity index (χ3n) is 11.9. The van der Waals surface area contributed by atoms with Crippen LogP contribution in [0.25, 0.3) is 119 Å². The summed E-state index contributed by atoms with van der Waals surface area (Å²) in [6.45, 7) is 0. The molecular formula is C52H30N2OS. The second kappa shape index (κ2) is 11.2. The summed E-state index contributed by atoms with van der Waals surface area (Å²) in [5, 5.41) is 12.4. The summed E-state index contributed by atoms with van der Waals surface area (Å²) in [6.07, 6.45) is 0. The molecule has 13 rings (SSSR count). The Morgan fingerprint density at radius 1 is 0.321 bits per heavy atom. The van der Waals surface area contributed by atoms with E-state index in [-0.39, 0.29) is 0 Å². The van der Waals surface area contributed by atoms with Crippen molar-refractivity contribution in [2.75, 3.05) is 0 Å². The molecule has 0 aliphatic rings. The van der Waals surface area contributed by atoms with Crippen molar-refractivity contribution in [3.63, 3.8) is 0 Å². The summed E-state index contributed by atoms with van der Waals surface area (Å²) in [7, 11) is 0. The molecule has 13 aromatic rings. The van der Waals surface area contributed by atoms with Crippen LogP contribution in [-0.4, -0.2) is 9.13 Å². The fourth-order valence-corrected chi connectivity index (χ4v) is 10.4. The van der Waals surface area contributed by atoms with Crippen LogP contribution in [0.15, 0.2) is 186 Å². The van der Waals surface area contributed by atoms with Gasteiger partial charge in [0, 0.05) is 63.9 Å². The van der Waals surface area contributed by atoms with E-state index in [0.29, 0.717) is 0 Å². The van der Waals surface area contributed by atoms with Crippen LogP contribution >= 0.6 is 11.3 Å². The van der Waals surface area contributed by atoms with E-state index in [9.17, 15) is 0 Å². The van der Waals surface area contributed by atoms with E-state index < -0.39 is 0 Å². The molecule has 260 valence electrons. The second-order valence-corrected chi connectivity index (χ2v) is 16.0. The molecule has 9 aromatic carbocycles. The van der Waals surface area contributed by atoms with Crippen molar-refractivity contribution in [1.82, 2.24) is 9.13 Å². The minimum absolute atomic E-state index is 0.936. The maximum atomic E-state index is 6.25. The third kappa shape index (κ3) is 4.22.